The maximum atomic E-state index is 13.8. The van der Waals surface area contributed by atoms with E-state index in [0.29, 0.717) is 23.6 Å². The Bertz CT molecular complexity index is 436. The lowest BCUT2D eigenvalue weighted by atomic mass is 10.1. The highest BCUT2D eigenvalue weighted by Gasteiger charge is 2.23. The quantitative estimate of drug-likeness (QED) is 0.765. The third-order valence-electron chi connectivity index (χ3n) is 3.68. The summed E-state index contributed by atoms with van der Waals surface area (Å²) in [4.78, 5) is 15.1. The molecule has 1 atom stereocenters. The number of aldehydes is 1. The van der Waals surface area contributed by atoms with Crippen molar-refractivity contribution >= 4 is 12.0 Å². The molecule has 0 bridgehead atoms. The minimum absolute atomic E-state index is 0.331. The molecule has 0 radical (unpaired) electrons. The SMILES string of the molecule is CN(CC1CCCN1C)c1c(F)cccc1C=O. The van der Waals surface area contributed by atoms with Gasteiger partial charge in [-0.1, -0.05) is 6.07 Å². The van der Waals surface area contributed by atoms with E-state index >= 15 is 0 Å². The summed E-state index contributed by atoms with van der Waals surface area (Å²) in [6.45, 7) is 1.84. The van der Waals surface area contributed by atoms with Crippen molar-refractivity contribution in [1.29, 1.82) is 0 Å². The van der Waals surface area contributed by atoms with E-state index in [9.17, 15) is 9.18 Å². The highest BCUT2D eigenvalue weighted by Crippen LogP contribution is 2.24. The summed E-state index contributed by atoms with van der Waals surface area (Å²) < 4.78 is 13.8. The van der Waals surface area contributed by atoms with Gasteiger partial charge < -0.3 is 9.80 Å². The van der Waals surface area contributed by atoms with Crippen molar-refractivity contribution in [3.8, 4) is 0 Å². The maximum Gasteiger partial charge on any atom is 0.152 e. The van der Waals surface area contributed by atoms with E-state index in [1.54, 1.807) is 12.1 Å². The van der Waals surface area contributed by atoms with Crippen LogP contribution in [0.1, 0.15) is 23.2 Å². The first-order chi connectivity index (χ1) is 8.63. The largest absolute Gasteiger partial charge is 0.370 e. The predicted octanol–water partition coefficient (Wildman–Crippen LogP) is 2.17. The average molecular weight is 250 g/mol. The molecule has 0 amide bonds. The molecule has 3 nitrogen and oxygen atoms in total. The van der Waals surface area contributed by atoms with E-state index in [2.05, 4.69) is 11.9 Å². The molecule has 0 aliphatic carbocycles. The molecule has 1 unspecified atom stereocenters. The number of benzene rings is 1. The zero-order valence-electron chi connectivity index (χ0n) is 10.9. The van der Waals surface area contributed by atoms with E-state index < -0.39 is 0 Å². The van der Waals surface area contributed by atoms with Crippen LogP contribution in [0.15, 0.2) is 18.2 Å². The molecule has 4 heteroatoms. The number of likely N-dealkylation sites (N-methyl/N-ethyl adjacent to an activating group) is 2. The molecule has 18 heavy (non-hydrogen) atoms. The lowest BCUT2D eigenvalue weighted by Crippen LogP contribution is -2.37. The van der Waals surface area contributed by atoms with E-state index in [1.165, 1.54) is 12.5 Å². The van der Waals surface area contributed by atoms with Crippen molar-refractivity contribution in [1.82, 2.24) is 4.90 Å². The van der Waals surface area contributed by atoms with Gasteiger partial charge in [0.1, 0.15) is 5.82 Å². The monoisotopic (exact) mass is 250 g/mol. The van der Waals surface area contributed by atoms with Crippen LogP contribution >= 0.6 is 0 Å². The minimum atomic E-state index is -0.331. The van der Waals surface area contributed by atoms with Crippen LogP contribution in [0.3, 0.4) is 0 Å². The van der Waals surface area contributed by atoms with Crippen molar-refractivity contribution < 1.29 is 9.18 Å². The smallest absolute Gasteiger partial charge is 0.152 e. The summed E-state index contributed by atoms with van der Waals surface area (Å²) in [6.07, 6.45) is 3.03. The van der Waals surface area contributed by atoms with Gasteiger partial charge in [0.2, 0.25) is 0 Å². The van der Waals surface area contributed by atoms with Crippen molar-refractivity contribution in [2.75, 3.05) is 32.1 Å². The number of para-hydroxylation sites is 1. The summed E-state index contributed by atoms with van der Waals surface area (Å²) in [5.41, 5.74) is 0.825. The highest BCUT2D eigenvalue weighted by atomic mass is 19.1. The molecule has 0 spiro atoms. The Balaban J connectivity index is 2.17. The van der Waals surface area contributed by atoms with Gasteiger partial charge in [0.15, 0.2) is 6.29 Å². The Kier molecular flexibility index (Phi) is 3.97. The Morgan fingerprint density at radius 3 is 2.94 bits per heavy atom. The van der Waals surface area contributed by atoms with E-state index in [0.717, 1.165) is 19.5 Å². The van der Waals surface area contributed by atoms with Crippen molar-refractivity contribution in [3.05, 3.63) is 29.6 Å². The standard InChI is InChI=1S/C14H19FN2O/c1-16-8-4-6-12(16)9-17(2)14-11(10-18)5-3-7-13(14)15/h3,5,7,10,12H,4,6,8-9H2,1-2H3. The van der Waals surface area contributed by atoms with Gasteiger partial charge in [0.05, 0.1) is 5.69 Å². The van der Waals surface area contributed by atoms with Gasteiger partial charge >= 0.3 is 0 Å². The summed E-state index contributed by atoms with van der Waals surface area (Å²) in [5.74, 6) is -0.331. The molecule has 0 N–H and O–H groups in total. The molecular weight excluding hydrogens is 231 g/mol. The van der Waals surface area contributed by atoms with Gasteiger partial charge in [-0.05, 0) is 38.6 Å². The average Bonchev–Trinajstić information content (AvgIpc) is 2.74. The first-order valence-electron chi connectivity index (χ1n) is 6.28. The zero-order valence-corrected chi connectivity index (χ0v) is 10.9. The molecule has 1 heterocycles. The second-order valence-electron chi connectivity index (χ2n) is 4.95. The van der Waals surface area contributed by atoms with Crippen LogP contribution in [0.5, 0.6) is 0 Å². The van der Waals surface area contributed by atoms with Gasteiger partial charge in [0.25, 0.3) is 0 Å². The number of carbonyl (C=O) groups is 1. The van der Waals surface area contributed by atoms with Gasteiger partial charge in [0, 0.05) is 25.2 Å². The van der Waals surface area contributed by atoms with Crippen LogP contribution < -0.4 is 4.90 Å². The molecule has 0 saturated carbocycles. The molecule has 2 rings (SSSR count). The van der Waals surface area contributed by atoms with Crippen molar-refractivity contribution in [3.63, 3.8) is 0 Å². The third kappa shape index (κ3) is 2.53. The number of rotatable bonds is 4. The predicted molar refractivity (Wildman–Crippen MR) is 70.7 cm³/mol. The second kappa shape index (κ2) is 5.48. The lowest BCUT2D eigenvalue weighted by Gasteiger charge is -2.28. The normalized spacial score (nSPS) is 20.1. The van der Waals surface area contributed by atoms with Crippen LogP contribution in [0.25, 0.3) is 0 Å². The van der Waals surface area contributed by atoms with Gasteiger partial charge in [-0.2, -0.15) is 0 Å². The van der Waals surface area contributed by atoms with Gasteiger partial charge in [-0.15, -0.1) is 0 Å². The van der Waals surface area contributed by atoms with Gasteiger partial charge in [-0.25, -0.2) is 4.39 Å². The van der Waals surface area contributed by atoms with Crippen LogP contribution in [0.4, 0.5) is 10.1 Å². The molecule has 0 aromatic heterocycles. The van der Waals surface area contributed by atoms with Crippen LogP contribution in [-0.4, -0.2) is 44.4 Å². The number of hydrogen-bond acceptors (Lipinski definition) is 3. The van der Waals surface area contributed by atoms with Crippen LogP contribution in [-0.2, 0) is 0 Å². The zero-order chi connectivity index (χ0) is 13.1. The fourth-order valence-corrected chi connectivity index (χ4v) is 2.65. The van der Waals surface area contributed by atoms with E-state index in [1.807, 2.05) is 11.9 Å². The summed E-state index contributed by atoms with van der Waals surface area (Å²) >= 11 is 0. The first-order valence-corrected chi connectivity index (χ1v) is 6.28. The molecule has 98 valence electrons. The summed E-state index contributed by atoms with van der Waals surface area (Å²) in [5, 5.41) is 0. The van der Waals surface area contributed by atoms with Crippen LogP contribution in [0.2, 0.25) is 0 Å². The maximum absolute atomic E-state index is 13.8. The highest BCUT2D eigenvalue weighted by molar-refractivity contribution is 5.84. The number of anilines is 1. The fraction of sp³-hybridized carbons (Fsp3) is 0.500. The number of halogens is 1. The lowest BCUT2D eigenvalue weighted by molar-refractivity contribution is 0.112. The molecule has 1 aromatic carbocycles. The second-order valence-corrected chi connectivity index (χ2v) is 4.95. The summed E-state index contributed by atoms with van der Waals surface area (Å²) in [6, 6.07) is 5.06. The Morgan fingerprint density at radius 2 is 2.33 bits per heavy atom. The third-order valence-corrected chi connectivity index (χ3v) is 3.68. The number of carbonyl (C=O) groups excluding carboxylic acids is 1. The minimum Gasteiger partial charge on any atom is -0.370 e. The van der Waals surface area contributed by atoms with E-state index in [4.69, 9.17) is 0 Å². The number of hydrogen-bond donors (Lipinski definition) is 0. The van der Waals surface area contributed by atoms with Crippen molar-refractivity contribution in [2.45, 2.75) is 18.9 Å². The number of nitrogens with zero attached hydrogens (tertiary/aromatic N) is 2. The van der Waals surface area contributed by atoms with E-state index in [-0.39, 0.29) is 5.82 Å². The van der Waals surface area contributed by atoms with Crippen LogP contribution in [0, 0.1) is 5.82 Å². The Morgan fingerprint density at radius 1 is 1.56 bits per heavy atom. The molecule has 1 fully saturated rings. The Labute approximate surface area is 107 Å². The van der Waals surface area contributed by atoms with Crippen molar-refractivity contribution in [2.24, 2.45) is 0 Å². The Hall–Kier alpha value is -1.42. The molecule has 1 aliphatic rings. The fourth-order valence-electron chi connectivity index (χ4n) is 2.65. The number of likely N-dealkylation sites (tertiary alicyclic amines) is 1. The molecular formula is C14H19FN2O. The first kappa shape index (κ1) is 13.0. The molecule has 1 aliphatic heterocycles. The van der Waals surface area contributed by atoms with Gasteiger partial charge in [-0.3, -0.25) is 4.79 Å². The topological polar surface area (TPSA) is 23.6 Å². The summed E-state index contributed by atoms with van der Waals surface area (Å²) in [7, 11) is 3.94. The molecule has 1 saturated heterocycles. The molecule has 1 aromatic rings.